The van der Waals surface area contributed by atoms with E-state index in [2.05, 4.69) is 10.3 Å². The number of aromatic nitrogens is 1. The molecule has 0 aliphatic rings. The number of nitrogens with one attached hydrogen (secondary N) is 1. The lowest BCUT2D eigenvalue weighted by atomic mass is 10.2. The molecular weight excluding hydrogens is 252 g/mol. The zero-order valence-electron chi connectivity index (χ0n) is 12.1. The molecule has 1 heterocycles. The molecule has 0 saturated carbocycles. The fourth-order valence-corrected chi connectivity index (χ4v) is 1.96. The normalized spacial score (nSPS) is 10.3. The topological polar surface area (TPSA) is 43.4 Å². The molecule has 106 valence electrons. The molecule has 2 rings (SSSR count). The van der Waals surface area contributed by atoms with Crippen molar-refractivity contribution in [3.8, 4) is 17.4 Å². The Morgan fingerprint density at radius 3 is 2.45 bits per heavy atom. The highest BCUT2D eigenvalue weighted by Gasteiger charge is 2.03. The molecule has 0 aliphatic carbocycles. The van der Waals surface area contributed by atoms with Crippen LogP contribution in [0.2, 0.25) is 0 Å². The number of hydrogen-bond donors (Lipinski definition) is 1. The summed E-state index contributed by atoms with van der Waals surface area (Å²) in [5, 5.41) is 3.12. The van der Waals surface area contributed by atoms with E-state index >= 15 is 0 Å². The van der Waals surface area contributed by atoms with Crippen LogP contribution in [-0.2, 0) is 6.54 Å². The molecular formula is C16H20N2O2. The van der Waals surface area contributed by atoms with E-state index in [9.17, 15) is 0 Å². The van der Waals surface area contributed by atoms with Crippen molar-refractivity contribution in [2.24, 2.45) is 0 Å². The fourth-order valence-electron chi connectivity index (χ4n) is 1.96. The molecule has 0 atom stereocenters. The molecule has 0 amide bonds. The van der Waals surface area contributed by atoms with Crippen LogP contribution in [0.5, 0.6) is 17.4 Å². The molecule has 4 heteroatoms. The van der Waals surface area contributed by atoms with Gasteiger partial charge in [-0.15, -0.1) is 0 Å². The second kappa shape index (κ2) is 6.91. The van der Waals surface area contributed by atoms with E-state index in [1.54, 1.807) is 0 Å². The van der Waals surface area contributed by atoms with Crippen LogP contribution in [0.3, 0.4) is 0 Å². The van der Waals surface area contributed by atoms with Gasteiger partial charge in [0, 0.05) is 18.3 Å². The standard InChI is InChI=1S/C16H20N2O2/c1-4-19-14-5-7-15(8-6-14)20-16-10-13(11-17-3)9-12(2)18-16/h5-10,17H,4,11H2,1-3H3. The van der Waals surface area contributed by atoms with Gasteiger partial charge in [-0.3, -0.25) is 0 Å². The third-order valence-corrected chi connectivity index (χ3v) is 2.73. The summed E-state index contributed by atoms with van der Waals surface area (Å²) in [5.74, 6) is 2.20. The summed E-state index contributed by atoms with van der Waals surface area (Å²) >= 11 is 0. The summed E-state index contributed by atoms with van der Waals surface area (Å²) < 4.78 is 11.2. The number of aryl methyl sites for hydroxylation is 1. The summed E-state index contributed by atoms with van der Waals surface area (Å²) in [6.45, 7) is 5.38. The predicted octanol–water partition coefficient (Wildman–Crippen LogP) is 3.30. The number of rotatable bonds is 6. The van der Waals surface area contributed by atoms with Gasteiger partial charge in [0.05, 0.1) is 6.61 Å². The Bertz CT molecular complexity index is 553. The van der Waals surface area contributed by atoms with Crippen LogP contribution in [0, 0.1) is 6.92 Å². The van der Waals surface area contributed by atoms with E-state index in [0.717, 1.165) is 29.3 Å². The molecule has 4 nitrogen and oxygen atoms in total. The highest BCUT2D eigenvalue weighted by molar-refractivity contribution is 5.34. The van der Waals surface area contributed by atoms with E-state index in [1.165, 1.54) is 0 Å². The van der Waals surface area contributed by atoms with E-state index in [4.69, 9.17) is 9.47 Å². The van der Waals surface area contributed by atoms with Crippen LogP contribution in [0.15, 0.2) is 36.4 Å². The highest BCUT2D eigenvalue weighted by Crippen LogP contribution is 2.23. The molecule has 0 bridgehead atoms. The number of ether oxygens (including phenoxy) is 2. The maximum Gasteiger partial charge on any atom is 0.219 e. The van der Waals surface area contributed by atoms with Crippen molar-refractivity contribution >= 4 is 0 Å². The first kappa shape index (κ1) is 14.3. The van der Waals surface area contributed by atoms with Gasteiger partial charge in [-0.05, 0) is 56.8 Å². The van der Waals surface area contributed by atoms with E-state index in [0.29, 0.717) is 12.5 Å². The Balaban J connectivity index is 2.12. The minimum atomic E-state index is 0.611. The molecule has 1 N–H and O–H groups in total. The van der Waals surface area contributed by atoms with Gasteiger partial charge in [-0.2, -0.15) is 0 Å². The summed E-state index contributed by atoms with van der Waals surface area (Å²) in [5.41, 5.74) is 2.10. The Hall–Kier alpha value is -2.07. The number of nitrogens with zero attached hydrogens (tertiary/aromatic N) is 1. The fraction of sp³-hybridized carbons (Fsp3) is 0.312. The summed E-state index contributed by atoms with van der Waals surface area (Å²) in [7, 11) is 1.92. The first-order chi connectivity index (χ1) is 9.71. The second-order valence-corrected chi connectivity index (χ2v) is 4.49. The van der Waals surface area contributed by atoms with Crippen LogP contribution in [0.1, 0.15) is 18.2 Å². The first-order valence-corrected chi connectivity index (χ1v) is 6.74. The van der Waals surface area contributed by atoms with Crippen molar-refractivity contribution in [3.63, 3.8) is 0 Å². The lowest BCUT2D eigenvalue weighted by molar-refractivity contribution is 0.339. The van der Waals surface area contributed by atoms with Gasteiger partial charge in [-0.1, -0.05) is 0 Å². The van der Waals surface area contributed by atoms with E-state index < -0.39 is 0 Å². The SMILES string of the molecule is CCOc1ccc(Oc2cc(CNC)cc(C)n2)cc1. The van der Waals surface area contributed by atoms with E-state index in [-0.39, 0.29) is 0 Å². The molecule has 0 unspecified atom stereocenters. The van der Waals surface area contributed by atoms with Crippen LogP contribution in [0.4, 0.5) is 0 Å². The summed E-state index contributed by atoms with van der Waals surface area (Å²) in [6, 6.07) is 11.5. The number of hydrogen-bond acceptors (Lipinski definition) is 4. The smallest absolute Gasteiger partial charge is 0.219 e. The zero-order valence-corrected chi connectivity index (χ0v) is 12.1. The van der Waals surface area contributed by atoms with Crippen LogP contribution >= 0.6 is 0 Å². The maximum absolute atomic E-state index is 5.78. The Labute approximate surface area is 119 Å². The average Bonchev–Trinajstić information content (AvgIpc) is 2.41. The average molecular weight is 272 g/mol. The molecule has 1 aromatic carbocycles. The molecule has 0 spiro atoms. The van der Waals surface area contributed by atoms with Crippen molar-refractivity contribution in [2.75, 3.05) is 13.7 Å². The Morgan fingerprint density at radius 1 is 1.10 bits per heavy atom. The van der Waals surface area contributed by atoms with Gasteiger partial charge in [-0.25, -0.2) is 4.98 Å². The molecule has 2 aromatic rings. The largest absolute Gasteiger partial charge is 0.494 e. The maximum atomic E-state index is 5.78. The lowest BCUT2D eigenvalue weighted by Crippen LogP contribution is -2.06. The zero-order chi connectivity index (χ0) is 14.4. The highest BCUT2D eigenvalue weighted by atomic mass is 16.5. The van der Waals surface area contributed by atoms with Crippen molar-refractivity contribution in [2.45, 2.75) is 20.4 Å². The number of pyridine rings is 1. The van der Waals surface area contributed by atoms with Crippen LogP contribution < -0.4 is 14.8 Å². The van der Waals surface area contributed by atoms with Crippen molar-refractivity contribution < 1.29 is 9.47 Å². The molecule has 0 saturated heterocycles. The van der Waals surface area contributed by atoms with Crippen LogP contribution in [0.25, 0.3) is 0 Å². The second-order valence-electron chi connectivity index (χ2n) is 4.49. The molecule has 1 aromatic heterocycles. The Morgan fingerprint density at radius 2 is 1.80 bits per heavy atom. The minimum absolute atomic E-state index is 0.611. The minimum Gasteiger partial charge on any atom is -0.494 e. The van der Waals surface area contributed by atoms with Gasteiger partial charge in [0.15, 0.2) is 0 Å². The molecule has 0 fully saturated rings. The summed E-state index contributed by atoms with van der Waals surface area (Å²) in [4.78, 5) is 4.39. The lowest BCUT2D eigenvalue weighted by Gasteiger charge is -2.09. The number of benzene rings is 1. The van der Waals surface area contributed by atoms with E-state index in [1.807, 2.05) is 57.3 Å². The van der Waals surface area contributed by atoms with Gasteiger partial charge in [0.25, 0.3) is 0 Å². The Kier molecular flexibility index (Phi) is 4.96. The van der Waals surface area contributed by atoms with Gasteiger partial charge < -0.3 is 14.8 Å². The first-order valence-electron chi connectivity index (χ1n) is 6.74. The van der Waals surface area contributed by atoms with Gasteiger partial charge in [0.2, 0.25) is 5.88 Å². The van der Waals surface area contributed by atoms with Gasteiger partial charge in [0.1, 0.15) is 11.5 Å². The third kappa shape index (κ3) is 3.96. The van der Waals surface area contributed by atoms with Crippen LogP contribution in [-0.4, -0.2) is 18.6 Å². The van der Waals surface area contributed by atoms with Crippen molar-refractivity contribution in [1.82, 2.24) is 10.3 Å². The molecule has 20 heavy (non-hydrogen) atoms. The molecule has 0 radical (unpaired) electrons. The quantitative estimate of drug-likeness (QED) is 0.876. The van der Waals surface area contributed by atoms with Gasteiger partial charge >= 0.3 is 0 Å². The third-order valence-electron chi connectivity index (χ3n) is 2.73. The molecule has 0 aliphatic heterocycles. The van der Waals surface area contributed by atoms with Crippen molar-refractivity contribution in [1.29, 1.82) is 0 Å². The predicted molar refractivity (Wildman–Crippen MR) is 79.4 cm³/mol. The monoisotopic (exact) mass is 272 g/mol. The van der Waals surface area contributed by atoms with Crippen molar-refractivity contribution in [3.05, 3.63) is 47.7 Å². The summed E-state index contributed by atoms with van der Waals surface area (Å²) in [6.07, 6.45) is 0.